The lowest BCUT2D eigenvalue weighted by Gasteiger charge is -2.09. The molecular formula is C18H20N2O2. The predicted molar refractivity (Wildman–Crippen MR) is 89.4 cm³/mol. The van der Waals surface area contributed by atoms with E-state index in [9.17, 15) is 0 Å². The standard InChI is InChI=1S/C18H20N2O2/c1-3-20-11-13(15-10-14(19)8-9-16(15)20)12-22-18-7-5-4-6-17(18)21-2/h4-11H,3,12,19H2,1-2H3. The molecule has 2 aromatic carbocycles. The molecule has 4 heteroatoms. The van der Waals surface area contributed by atoms with Gasteiger partial charge in [0.25, 0.3) is 0 Å². The molecule has 114 valence electrons. The Bertz CT molecular complexity index is 793. The second-order valence-electron chi connectivity index (χ2n) is 5.16. The average molecular weight is 296 g/mol. The Morgan fingerprint density at radius 3 is 2.59 bits per heavy atom. The van der Waals surface area contributed by atoms with Gasteiger partial charge in [0.2, 0.25) is 0 Å². The summed E-state index contributed by atoms with van der Waals surface area (Å²) in [6.45, 7) is 3.52. The smallest absolute Gasteiger partial charge is 0.161 e. The Balaban J connectivity index is 1.92. The van der Waals surface area contributed by atoms with Crippen LogP contribution in [0.4, 0.5) is 5.69 Å². The summed E-state index contributed by atoms with van der Waals surface area (Å²) in [7, 11) is 1.64. The van der Waals surface area contributed by atoms with Crippen molar-refractivity contribution in [3.05, 3.63) is 54.2 Å². The van der Waals surface area contributed by atoms with E-state index in [1.807, 2.05) is 36.4 Å². The van der Waals surface area contributed by atoms with Crippen LogP contribution in [0, 0.1) is 0 Å². The zero-order valence-electron chi connectivity index (χ0n) is 12.9. The van der Waals surface area contributed by atoms with Gasteiger partial charge >= 0.3 is 0 Å². The molecule has 0 spiro atoms. The van der Waals surface area contributed by atoms with Crippen molar-refractivity contribution in [2.45, 2.75) is 20.1 Å². The fourth-order valence-electron chi connectivity index (χ4n) is 2.66. The maximum atomic E-state index is 5.94. The zero-order valence-corrected chi connectivity index (χ0v) is 12.9. The predicted octanol–water partition coefficient (Wildman–Crippen LogP) is 3.83. The van der Waals surface area contributed by atoms with Gasteiger partial charge in [0, 0.05) is 34.9 Å². The lowest BCUT2D eigenvalue weighted by molar-refractivity contribution is 0.285. The van der Waals surface area contributed by atoms with E-state index < -0.39 is 0 Å². The number of benzene rings is 2. The first-order valence-corrected chi connectivity index (χ1v) is 7.36. The van der Waals surface area contributed by atoms with Gasteiger partial charge in [-0.2, -0.15) is 0 Å². The van der Waals surface area contributed by atoms with E-state index in [-0.39, 0.29) is 0 Å². The first kappa shape index (κ1) is 14.3. The molecule has 0 atom stereocenters. The quantitative estimate of drug-likeness (QED) is 0.728. The molecule has 0 radical (unpaired) electrons. The Labute approximate surface area is 130 Å². The van der Waals surface area contributed by atoms with Gasteiger partial charge in [0.1, 0.15) is 6.61 Å². The molecule has 0 amide bonds. The molecule has 0 unspecified atom stereocenters. The topological polar surface area (TPSA) is 49.4 Å². The van der Waals surface area contributed by atoms with Crippen LogP contribution in [0.3, 0.4) is 0 Å². The minimum absolute atomic E-state index is 0.479. The third-order valence-corrected chi connectivity index (χ3v) is 3.78. The van der Waals surface area contributed by atoms with E-state index in [1.54, 1.807) is 7.11 Å². The summed E-state index contributed by atoms with van der Waals surface area (Å²) < 4.78 is 13.5. The molecule has 2 N–H and O–H groups in total. The van der Waals surface area contributed by atoms with E-state index in [2.05, 4.69) is 23.8 Å². The van der Waals surface area contributed by atoms with Crippen LogP contribution in [0.2, 0.25) is 0 Å². The van der Waals surface area contributed by atoms with Gasteiger partial charge in [-0.15, -0.1) is 0 Å². The lowest BCUT2D eigenvalue weighted by atomic mass is 10.1. The molecule has 0 fully saturated rings. The minimum Gasteiger partial charge on any atom is -0.493 e. The second-order valence-corrected chi connectivity index (χ2v) is 5.16. The van der Waals surface area contributed by atoms with Gasteiger partial charge in [-0.3, -0.25) is 0 Å². The van der Waals surface area contributed by atoms with Crippen LogP contribution in [-0.2, 0) is 13.2 Å². The lowest BCUT2D eigenvalue weighted by Crippen LogP contribution is -1.97. The maximum absolute atomic E-state index is 5.94. The van der Waals surface area contributed by atoms with Crippen molar-refractivity contribution >= 4 is 16.6 Å². The number of ether oxygens (including phenoxy) is 2. The monoisotopic (exact) mass is 296 g/mol. The zero-order chi connectivity index (χ0) is 15.5. The maximum Gasteiger partial charge on any atom is 0.161 e. The van der Waals surface area contributed by atoms with Crippen LogP contribution in [0.5, 0.6) is 11.5 Å². The van der Waals surface area contributed by atoms with Gasteiger partial charge < -0.3 is 19.8 Å². The van der Waals surface area contributed by atoms with Crippen molar-refractivity contribution in [3.8, 4) is 11.5 Å². The highest BCUT2D eigenvalue weighted by Crippen LogP contribution is 2.29. The number of nitrogens with zero attached hydrogens (tertiary/aromatic N) is 1. The fraction of sp³-hybridized carbons (Fsp3) is 0.222. The molecule has 0 saturated carbocycles. The van der Waals surface area contributed by atoms with Crippen LogP contribution >= 0.6 is 0 Å². The minimum atomic E-state index is 0.479. The van der Waals surface area contributed by atoms with Gasteiger partial charge in [-0.05, 0) is 37.3 Å². The molecular weight excluding hydrogens is 276 g/mol. The third-order valence-electron chi connectivity index (χ3n) is 3.78. The number of methoxy groups -OCH3 is 1. The van der Waals surface area contributed by atoms with Gasteiger partial charge in [0.05, 0.1) is 7.11 Å². The molecule has 0 aliphatic heterocycles. The number of hydrogen-bond donors (Lipinski definition) is 1. The molecule has 1 aromatic heterocycles. The molecule has 0 bridgehead atoms. The summed E-state index contributed by atoms with van der Waals surface area (Å²) in [5.74, 6) is 1.48. The summed E-state index contributed by atoms with van der Waals surface area (Å²) in [5.41, 5.74) is 8.99. The van der Waals surface area contributed by atoms with E-state index >= 15 is 0 Å². The normalized spacial score (nSPS) is 10.8. The van der Waals surface area contributed by atoms with Crippen molar-refractivity contribution in [2.75, 3.05) is 12.8 Å². The Kier molecular flexibility index (Phi) is 3.92. The van der Waals surface area contributed by atoms with Crippen molar-refractivity contribution < 1.29 is 9.47 Å². The van der Waals surface area contributed by atoms with Crippen LogP contribution < -0.4 is 15.2 Å². The number of aromatic nitrogens is 1. The Hall–Kier alpha value is -2.62. The molecule has 1 heterocycles. The first-order valence-electron chi connectivity index (χ1n) is 7.36. The molecule has 0 saturated heterocycles. The SMILES string of the molecule is CCn1cc(COc2ccccc2OC)c2cc(N)ccc21. The number of hydrogen-bond acceptors (Lipinski definition) is 3. The van der Waals surface area contributed by atoms with Crippen LogP contribution in [0.25, 0.3) is 10.9 Å². The average Bonchev–Trinajstić information content (AvgIpc) is 2.90. The largest absolute Gasteiger partial charge is 0.493 e. The molecule has 3 aromatic rings. The van der Waals surface area contributed by atoms with Gasteiger partial charge in [0.15, 0.2) is 11.5 Å². The highest BCUT2D eigenvalue weighted by Gasteiger charge is 2.10. The molecule has 0 aliphatic rings. The summed E-state index contributed by atoms with van der Waals surface area (Å²) in [6, 6.07) is 13.7. The van der Waals surface area contributed by atoms with Crippen molar-refractivity contribution in [1.29, 1.82) is 0 Å². The molecule has 3 rings (SSSR count). The number of rotatable bonds is 5. The summed E-state index contributed by atoms with van der Waals surface area (Å²) >= 11 is 0. The summed E-state index contributed by atoms with van der Waals surface area (Å²) in [4.78, 5) is 0. The summed E-state index contributed by atoms with van der Waals surface area (Å²) in [6.07, 6.45) is 2.12. The number of para-hydroxylation sites is 2. The van der Waals surface area contributed by atoms with E-state index in [1.165, 1.54) is 5.52 Å². The van der Waals surface area contributed by atoms with Crippen LogP contribution in [0.15, 0.2) is 48.7 Å². The van der Waals surface area contributed by atoms with Crippen molar-refractivity contribution in [1.82, 2.24) is 4.57 Å². The van der Waals surface area contributed by atoms with Gasteiger partial charge in [-0.1, -0.05) is 12.1 Å². The Morgan fingerprint density at radius 2 is 1.86 bits per heavy atom. The number of anilines is 1. The highest BCUT2D eigenvalue weighted by molar-refractivity contribution is 5.86. The number of nitrogen functional groups attached to an aromatic ring is 1. The number of fused-ring (bicyclic) bond motifs is 1. The first-order chi connectivity index (χ1) is 10.7. The third kappa shape index (κ3) is 2.60. The molecule has 0 aliphatic carbocycles. The molecule has 22 heavy (non-hydrogen) atoms. The fourth-order valence-corrected chi connectivity index (χ4v) is 2.66. The van der Waals surface area contributed by atoms with Crippen LogP contribution in [-0.4, -0.2) is 11.7 Å². The molecule has 4 nitrogen and oxygen atoms in total. The Morgan fingerprint density at radius 1 is 1.09 bits per heavy atom. The van der Waals surface area contributed by atoms with E-state index in [4.69, 9.17) is 15.2 Å². The van der Waals surface area contributed by atoms with Crippen LogP contribution in [0.1, 0.15) is 12.5 Å². The van der Waals surface area contributed by atoms with E-state index in [0.717, 1.165) is 34.7 Å². The number of nitrogens with two attached hydrogens (primary N) is 1. The number of aryl methyl sites for hydroxylation is 1. The van der Waals surface area contributed by atoms with Gasteiger partial charge in [-0.25, -0.2) is 0 Å². The second kappa shape index (κ2) is 6.02. The summed E-state index contributed by atoms with van der Waals surface area (Å²) in [5, 5.41) is 1.14. The highest BCUT2D eigenvalue weighted by atomic mass is 16.5. The van der Waals surface area contributed by atoms with E-state index in [0.29, 0.717) is 6.61 Å². The van der Waals surface area contributed by atoms with Crippen molar-refractivity contribution in [2.24, 2.45) is 0 Å². The van der Waals surface area contributed by atoms with Crippen molar-refractivity contribution in [3.63, 3.8) is 0 Å².